The summed E-state index contributed by atoms with van der Waals surface area (Å²) in [6.07, 6.45) is 1.66. The van der Waals surface area contributed by atoms with Crippen molar-refractivity contribution >= 4 is 0 Å². The maximum atomic E-state index is 9.59. The van der Waals surface area contributed by atoms with E-state index >= 15 is 0 Å². The summed E-state index contributed by atoms with van der Waals surface area (Å²) in [7, 11) is 0. The predicted octanol–water partition coefficient (Wildman–Crippen LogP) is 2.84. The Morgan fingerprint density at radius 2 is 2.06 bits per heavy atom. The Kier molecular flexibility index (Phi) is 3.27. The number of phenolic OH excluding ortho intramolecular Hbond substituents is 1. The smallest absolute Gasteiger partial charge is 0.120 e. The fourth-order valence-electron chi connectivity index (χ4n) is 1.56. The van der Waals surface area contributed by atoms with Crippen molar-refractivity contribution in [3.8, 4) is 5.75 Å². The number of rotatable bonds is 4. The summed E-state index contributed by atoms with van der Waals surface area (Å²) >= 11 is 0. The zero-order valence-corrected chi connectivity index (χ0v) is 9.18. The second-order valence-corrected chi connectivity index (χ2v) is 3.75. The highest BCUT2D eigenvalue weighted by Gasteiger charge is 2.08. The molecule has 0 fully saturated rings. The maximum Gasteiger partial charge on any atom is 0.120 e. The van der Waals surface area contributed by atoms with Crippen LogP contribution in [-0.4, -0.2) is 5.11 Å². The molecule has 3 nitrogen and oxygen atoms in total. The number of para-hydroxylation sites is 1. The van der Waals surface area contributed by atoms with Crippen LogP contribution in [0.5, 0.6) is 5.75 Å². The fourth-order valence-corrected chi connectivity index (χ4v) is 1.56. The Morgan fingerprint density at radius 1 is 1.25 bits per heavy atom. The van der Waals surface area contributed by atoms with Gasteiger partial charge in [-0.2, -0.15) is 0 Å². The summed E-state index contributed by atoms with van der Waals surface area (Å²) in [4.78, 5) is 0. The minimum atomic E-state index is 0.134. The molecule has 0 unspecified atom stereocenters. The van der Waals surface area contributed by atoms with Crippen molar-refractivity contribution in [1.29, 1.82) is 0 Å². The number of aromatic hydroxyl groups is 1. The monoisotopic (exact) mass is 217 g/mol. The van der Waals surface area contributed by atoms with Crippen LogP contribution in [0.1, 0.15) is 24.3 Å². The van der Waals surface area contributed by atoms with Crippen molar-refractivity contribution in [2.75, 3.05) is 0 Å². The average Bonchev–Trinajstić information content (AvgIpc) is 2.81. The summed E-state index contributed by atoms with van der Waals surface area (Å²) < 4.78 is 5.29. The van der Waals surface area contributed by atoms with Crippen molar-refractivity contribution in [3.05, 3.63) is 54.0 Å². The van der Waals surface area contributed by atoms with Gasteiger partial charge in [0.15, 0.2) is 0 Å². The number of furan rings is 1. The first-order valence-corrected chi connectivity index (χ1v) is 5.31. The molecule has 0 saturated heterocycles. The molecule has 2 rings (SSSR count). The molecule has 1 heterocycles. The molecule has 0 saturated carbocycles. The lowest BCUT2D eigenvalue weighted by Gasteiger charge is -2.11. The number of benzene rings is 1. The van der Waals surface area contributed by atoms with E-state index in [1.807, 2.05) is 37.3 Å². The molecule has 0 aliphatic rings. The fraction of sp³-hybridized carbons (Fsp3) is 0.231. The Bertz CT molecular complexity index is 437. The minimum absolute atomic E-state index is 0.134. The number of phenols is 1. The third kappa shape index (κ3) is 2.44. The van der Waals surface area contributed by atoms with Gasteiger partial charge in [-0.25, -0.2) is 0 Å². The zero-order valence-electron chi connectivity index (χ0n) is 9.18. The van der Waals surface area contributed by atoms with E-state index in [2.05, 4.69) is 5.32 Å². The molecule has 1 aromatic heterocycles. The topological polar surface area (TPSA) is 45.4 Å². The van der Waals surface area contributed by atoms with Gasteiger partial charge in [-0.3, -0.25) is 0 Å². The van der Waals surface area contributed by atoms with Crippen LogP contribution < -0.4 is 5.32 Å². The van der Waals surface area contributed by atoms with Crippen LogP contribution >= 0.6 is 0 Å². The molecule has 1 aromatic carbocycles. The summed E-state index contributed by atoms with van der Waals surface area (Å²) in [6, 6.07) is 11.2. The second kappa shape index (κ2) is 4.86. The quantitative estimate of drug-likeness (QED) is 0.827. The van der Waals surface area contributed by atoms with E-state index in [9.17, 15) is 5.11 Å². The molecule has 0 radical (unpaired) electrons. The molecule has 84 valence electrons. The van der Waals surface area contributed by atoms with Crippen molar-refractivity contribution in [2.45, 2.75) is 19.5 Å². The molecule has 0 bridgehead atoms. The first kappa shape index (κ1) is 10.8. The molecule has 2 aromatic rings. The largest absolute Gasteiger partial charge is 0.508 e. The summed E-state index contributed by atoms with van der Waals surface area (Å²) in [5.74, 6) is 1.22. The van der Waals surface area contributed by atoms with Crippen molar-refractivity contribution in [1.82, 2.24) is 5.32 Å². The number of nitrogens with one attached hydrogen (secondary N) is 1. The van der Waals surface area contributed by atoms with E-state index in [0.717, 1.165) is 11.3 Å². The van der Waals surface area contributed by atoms with Gasteiger partial charge in [-0.05, 0) is 25.1 Å². The molecular formula is C13H15NO2. The Labute approximate surface area is 94.7 Å². The van der Waals surface area contributed by atoms with Crippen LogP contribution in [0, 0.1) is 0 Å². The first-order valence-electron chi connectivity index (χ1n) is 5.31. The molecule has 0 amide bonds. The average molecular weight is 217 g/mol. The normalized spacial score (nSPS) is 12.6. The molecule has 0 aliphatic heterocycles. The third-order valence-corrected chi connectivity index (χ3v) is 2.56. The van der Waals surface area contributed by atoms with Crippen LogP contribution in [0.25, 0.3) is 0 Å². The lowest BCUT2D eigenvalue weighted by atomic mass is 10.2. The van der Waals surface area contributed by atoms with Gasteiger partial charge < -0.3 is 14.8 Å². The van der Waals surface area contributed by atoms with Gasteiger partial charge in [0.25, 0.3) is 0 Å². The molecule has 3 heteroatoms. The van der Waals surface area contributed by atoms with E-state index < -0.39 is 0 Å². The predicted molar refractivity (Wildman–Crippen MR) is 62.1 cm³/mol. The maximum absolute atomic E-state index is 9.59. The van der Waals surface area contributed by atoms with E-state index in [1.165, 1.54) is 0 Å². The van der Waals surface area contributed by atoms with E-state index in [0.29, 0.717) is 12.3 Å². The van der Waals surface area contributed by atoms with Crippen molar-refractivity contribution in [2.24, 2.45) is 0 Å². The molecule has 0 spiro atoms. The summed E-state index contributed by atoms with van der Waals surface area (Å²) in [5.41, 5.74) is 0.890. The van der Waals surface area contributed by atoms with Gasteiger partial charge in [0.1, 0.15) is 11.5 Å². The van der Waals surface area contributed by atoms with E-state index in [4.69, 9.17) is 4.42 Å². The van der Waals surface area contributed by atoms with Gasteiger partial charge in [0.05, 0.1) is 12.3 Å². The molecule has 16 heavy (non-hydrogen) atoms. The van der Waals surface area contributed by atoms with Gasteiger partial charge in [0, 0.05) is 12.1 Å². The first-order chi connectivity index (χ1) is 7.77. The Morgan fingerprint density at radius 3 is 2.75 bits per heavy atom. The number of hydrogen-bond donors (Lipinski definition) is 2. The highest BCUT2D eigenvalue weighted by Crippen LogP contribution is 2.18. The summed E-state index contributed by atoms with van der Waals surface area (Å²) in [5, 5.41) is 12.9. The molecule has 0 aliphatic carbocycles. The highest BCUT2D eigenvalue weighted by atomic mass is 16.3. The van der Waals surface area contributed by atoms with Crippen LogP contribution in [0.4, 0.5) is 0 Å². The minimum Gasteiger partial charge on any atom is -0.508 e. The van der Waals surface area contributed by atoms with Crippen LogP contribution in [0.15, 0.2) is 47.1 Å². The van der Waals surface area contributed by atoms with Gasteiger partial charge in [0.2, 0.25) is 0 Å². The lowest BCUT2D eigenvalue weighted by molar-refractivity contribution is 0.422. The van der Waals surface area contributed by atoms with Crippen molar-refractivity contribution in [3.63, 3.8) is 0 Å². The standard InChI is InChI=1S/C13H15NO2/c1-10(13-7-4-8-16-13)14-9-11-5-2-3-6-12(11)15/h2-8,10,14-15H,9H2,1H3/t10-/m1/s1. The van der Waals surface area contributed by atoms with Crippen LogP contribution in [0.2, 0.25) is 0 Å². The van der Waals surface area contributed by atoms with Crippen molar-refractivity contribution < 1.29 is 9.52 Å². The Balaban J connectivity index is 1.95. The van der Waals surface area contributed by atoms with Gasteiger partial charge in [-0.15, -0.1) is 0 Å². The Hall–Kier alpha value is -1.74. The van der Waals surface area contributed by atoms with Crippen LogP contribution in [-0.2, 0) is 6.54 Å². The SMILES string of the molecule is C[C@@H](NCc1ccccc1O)c1ccco1. The summed E-state index contributed by atoms with van der Waals surface area (Å²) in [6.45, 7) is 2.65. The van der Waals surface area contributed by atoms with E-state index in [-0.39, 0.29) is 6.04 Å². The molecular weight excluding hydrogens is 202 g/mol. The lowest BCUT2D eigenvalue weighted by Crippen LogP contribution is -2.17. The number of hydrogen-bond acceptors (Lipinski definition) is 3. The van der Waals surface area contributed by atoms with Crippen LogP contribution in [0.3, 0.4) is 0 Å². The highest BCUT2D eigenvalue weighted by molar-refractivity contribution is 5.31. The molecule has 1 atom stereocenters. The van der Waals surface area contributed by atoms with E-state index in [1.54, 1.807) is 12.3 Å². The third-order valence-electron chi connectivity index (χ3n) is 2.56. The van der Waals surface area contributed by atoms with Gasteiger partial charge >= 0.3 is 0 Å². The second-order valence-electron chi connectivity index (χ2n) is 3.75. The molecule has 2 N–H and O–H groups in total. The zero-order chi connectivity index (χ0) is 11.4. The van der Waals surface area contributed by atoms with Gasteiger partial charge in [-0.1, -0.05) is 18.2 Å².